The van der Waals surface area contributed by atoms with E-state index in [4.69, 9.17) is 0 Å². The Kier molecular flexibility index (Phi) is 14.2. The number of hydrogen-bond donors (Lipinski definition) is 2. The molecule has 0 aromatic carbocycles. The Morgan fingerprint density at radius 1 is 0.889 bits per heavy atom. The van der Waals surface area contributed by atoms with Crippen LogP contribution in [0, 0.1) is 20.2 Å². The van der Waals surface area contributed by atoms with E-state index in [0.717, 1.165) is 25.7 Å². The van der Waals surface area contributed by atoms with Crippen molar-refractivity contribution in [1.29, 1.82) is 0 Å². The summed E-state index contributed by atoms with van der Waals surface area (Å²) >= 11 is 0. The molecule has 2 N–H and O–H groups in total. The van der Waals surface area contributed by atoms with Crippen LogP contribution in [-0.4, -0.2) is 50.6 Å². The first kappa shape index (κ1) is 25.1. The molecule has 0 aliphatic carbocycles. The van der Waals surface area contributed by atoms with Gasteiger partial charge in [-0.3, -0.25) is 25.0 Å². The predicted molar refractivity (Wildman–Crippen MR) is 100 cm³/mol. The number of carbonyl (C=O) groups excluding carboxylic acids is 1. The Morgan fingerprint density at radius 2 is 1.37 bits per heavy atom. The maximum Gasteiger partial charge on any atom is 0.241 e. The van der Waals surface area contributed by atoms with E-state index in [1.165, 1.54) is 12.2 Å². The van der Waals surface area contributed by atoms with Crippen LogP contribution in [0.1, 0.15) is 71.1 Å². The minimum atomic E-state index is -1.16. The number of nitrogens with zero attached hydrogens (tertiary/aromatic N) is 2. The molecule has 9 heteroatoms. The van der Waals surface area contributed by atoms with Gasteiger partial charge in [-0.25, -0.2) is 0 Å². The van der Waals surface area contributed by atoms with Crippen LogP contribution >= 0.6 is 0 Å². The Labute approximate surface area is 159 Å². The van der Waals surface area contributed by atoms with Gasteiger partial charge in [0.1, 0.15) is 12.2 Å². The van der Waals surface area contributed by atoms with Gasteiger partial charge in [0.2, 0.25) is 12.1 Å². The molecule has 9 nitrogen and oxygen atoms in total. The van der Waals surface area contributed by atoms with Crippen molar-refractivity contribution in [3.05, 3.63) is 32.4 Å². The Bertz CT molecular complexity index is 471. The van der Waals surface area contributed by atoms with E-state index >= 15 is 0 Å². The monoisotopic (exact) mass is 387 g/mol. The molecule has 0 aromatic rings. The van der Waals surface area contributed by atoms with Crippen LogP contribution in [0.15, 0.2) is 12.2 Å². The van der Waals surface area contributed by atoms with Crippen LogP contribution in [0.3, 0.4) is 0 Å². The number of nitro groups is 2. The Morgan fingerprint density at radius 3 is 1.85 bits per heavy atom. The van der Waals surface area contributed by atoms with Crippen LogP contribution in [-0.2, 0) is 4.79 Å². The van der Waals surface area contributed by atoms with Crippen LogP contribution in [0.5, 0.6) is 0 Å². The van der Waals surface area contributed by atoms with Gasteiger partial charge < -0.3 is 10.2 Å². The van der Waals surface area contributed by atoms with E-state index in [-0.39, 0.29) is 19.3 Å². The van der Waals surface area contributed by atoms with Gasteiger partial charge in [0.05, 0.1) is 0 Å². The Balaban J connectivity index is 4.32. The number of aliphatic hydroxyl groups is 2. The van der Waals surface area contributed by atoms with E-state index in [2.05, 4.69) is 0 Å². The van der Waals surface area contributed by atoms with Crippen LogP contribution < -0.4 is 0 Å². The molecule has 0 bridgehead atoms. The summed E-state index contributed by atoms with van der Waals surface area (Å²) in [6.45, 7) is 1.64. The fraction of sp³-hybridized carbons (Fsp3) is 0.833. The van der Waals surface area contributed by atoms with Crippen molar-refractivity contribution in [2.24, 2.45) is 0 Å². The summed E-state index contributed by atoms with van der Waals surface area (Å²) in [4.78, 5) is 31.1. The van der Waals surface area contributed by atoms with Crippen molar-refractivity contribution >= 4 is 6.29 Å². The van der Waals surface area contributed by atoms with Gasteiger partial charge in [-0.1, -0.05) is 44.8 Å². The van der Waals surface area contributed by atoms with Gasteiger partial charge in [-0.15, -0.1) is 0 Å². The van der Waals surface area contributed by atoms with Crippen molar-refractivity contribution in [2.75, 3.05) is 0 Å². The van der Waals surface area contributed by atoms with Gasteiger partial charge in [0.15, 0.2) is 6.29 Å². The molecule has 4 unspecified atom stereocenters. The standard InChI is InChI=1S/C18H31N2O7/c1-2-17(22)15(19(24)25)11-8-9-12-16(20(26)27)18(23)13-7-5-3-4-6-10-14-21/h8-9,15-18,22-23H,2-7,10-13H2,1H3/b9-8-. The van der Waals surface area contributed by atoms with Gasteiger partial charge in [0.25, 0.3) is 0 Å². The second-order valence-corrected chi connectivity index (χ2v) is 6.64. The maximum absolute atomic E-state index is 11.2. The lowest BCUT2D eigenvalue weighted by atomic mass is 10.00. The molecule has 155 valence electrons. The molecule has 0 saturated carbocycles. The molecule has 4 atom stereocenters. The molecule has 0 heterocycles. The topological polar surface area (TPSA) is 144 Å². The maximum atomic E-state index is 11.2. The summed E-state index contributed by atoms with van der Waals surface area (Å²) in [5.74, 6) is 0. The summed E-state index contributed by atoms with van der Waals surface area (Å²) in [5, 5.41) is 41.8. The molecule has 0 aliphatic heterocycles. The predicted octanol–water partition coefficient (Wildman–Crippen LogP) is 2.59. The van der Waals surface area contributed by atoms with Crippen LogP contribution in [0.25, 0.3) is 0 Å². The second-order valence-electron chi connectivity index (χ2n) is 6.64. The third kappa shape index (κ3) is 11.4. The largest absolute Gasteiger partial charge is 0.386 e. The normalized spacial score (nSPS) is 16.0. The van der Waals surface area contributed by atoms with E-state index in [1.807, 2.05) is 6.29 Å². The number of unbranched alkanes of at least 4 members (excludes halogenated alkanes) is 5. The zero-order valence-corrected chi connectivity index (χ0v) is 15.9. The molecule has 0 spiro atoms. The first-order valence-corrected chi connectivity index (χ1v) is 9.48. The molecular weight excluding hydrogens is 356 g/mol. The van der Waals surface area contributed by atoms with E-state index in [9.17, 15) is 35.2 Å². The molecule has 0 aliphatic rings. The third-order valence-corrected chi connectivity index (χ3v) is 4.55. The van der Waals surface area contributed by atoms with Gasteiger partial charge in [-0.05, 0) is 19.3 Å². The van der Waals surface area contributed by atoms with Crippen LogP contribution in [0.2, 0.25) is 0 Å². The fourth-order valence-electron chi connectivity index (χ4n) is 2.78. The first-order valence-electron chi connectivity index (χ1n) is 9.48. The Hall–Kier alpha value is -1.87. The van der Waals surface area contributed by atoms with Crippen molar-refractivity contribution < 1.29 is 24.9 Å². The summed E-state index contributed by atoms with van der Waals surface area (Å²) in [6.07, 6.45) is 7.63. The highest BCUT2D eigenvalue weighted by molar-refractivity contribution is 5.50. The summed E-state index contributed by atoms with van der Waals surface area (Å²) < 4.78 is 0. The third-order valence-electron chi connectivity index (χ3n) is 4.55. The second kappa shape index (κ2) is 15.2. The molecular formula is C18H31N2O7. The highest BCUT2D eigenvalue weighted by Crippen LogP contribution is 2.15. The van der Waals surface area contributed by atoms with Crippen LogP contribution in [0.4, 0.5) is 0 Å². The zero-order chi connectivity index (χ0) is 20.7. The lowest BCUT2D eigenvalue weighted by Gasteiger charge is -2.15. The van der Waals surface area contributed by atoms with E-state index < -0.39 is 34.1 Å². The molecule has 1 radical (unpaired) electrons. The minimum absolute atomic E-state index is 0.0131. The van der Waals surface area contributed by atoms with Crippen molar-refractivity contribution in [1.82, 2.24) is 0 Å². The van der Waals surface area contributed by atoms with E-state index in [1.54, 1.807) is 6.92 Å². The molecule has 27 heavy (non-hydrogen) atoms. The number of rotatable bonds is 17. The molecule has 0 saturated heterocycles. The SMILES string of the molecule is CCC(O)C(C/C=C\CC(C(O)CCCCCCC[C]=O)[N+](=O)[O-])[N+](=O)[O-]. The number of aliphatic hydroxyl groups excluding tert-OH is 2. The molecule has 0 aromatic heterocycles. The lowest BCUT2D eigenvalue weighted by molar-refractivity contribution is -0.534. The summed E-state index contributed by atoms with van der Waals surface area (Å²) in [5.41, 5.74) is 0. The average molecular weight is 387 g/mol. The van der Waals surface area contributed by atoms with E-state index in [0.29, 0.717) is 19.3 Å². The van der Waals surface area contributed by atoms with Crippen molar-refractivity contribution in [3.8, 4) is 0 Å². The highest BCUT2D eigenvalue weighted by atomic mass is 16.6. The van der Waals surface area contributed by atoms with Gasteiger partial charge in [0, 0.05) is 29.1 Å². The lowest BCUT2D eigenvalue weighted by Crippen LogP contribution is -2.33. The summed E-state index contributed by atoms with van der Waals surface area (Å²) in [6, 6.07) is -2.29. The summed E-state index contributed by atoms with van der Waals surface area (Å²) in [7, 11) is 0. The van der Waals surface area contributed by atoms with Crippen molar-refractivity contribution in [3.63, 3.8) is 0 Å². The van der Waals surface area contributed by atoms with Crippen molar-refractivity contribution in [2.45, 2.75) is 95.4 Å². The number of hydrogen-bond acceptors (Lipinski definition) is 7. The molecule has 0 rings (SSSR count). The molecule has 0 amide bonds. The quantitative estimate of drug-likeness (QED) is 0.169. The van der Waals surface area contributed by atoms with Gasteiger partial charge in [-0.2, -0.15) is 0 Å². The first-order chi connectivity index (χ1) is 12.8. The molecule has 0 fully saturated rings. The fourth-order valence-corrected chi connectivity index (χ4v) is 2.78. The minimum Gasteiger partial charge on any atom is -0.386 e. The average Bonchev–Trinajstić information content (AvgIpc) is 2.62. The zero-order valence-electron chi connectivity index (χ0n) is 15.9. The highest BCUT2D eigenvalue weighted by Gasteiger charge is 2.29. The smallest absolute Gasteiger partial charge is 0.241 e. The van der Waals surface area contributed by atoms with Gasteiger partial charge >= 0.3 is 0 Å².